The maximum absolute atomic E-state index is 14.1. The summed E-state index contributed by atoms with van der Waals surface area (Å²) in [6, 6.07) is 22.5. The lowest BCUT2D eigenvalue weighted by atomic mass is 9.86. The molecular weight excluding hydrogens is 454 g/mol. The van der Waals surface area contributed by atoms with Crippen molar-refractivity contribution in [3.8, 4) is 11.5 Å². The Hall–Kier alpha value is -1.92. The fraction of sp³-hybridized carbons (Fsp3) is 0.217. The minimum Gasteiger partial charge on any atom is -0.454 e. The van der Waals surface area contributed by atoms with Crippen LogP contribution in [0.3, 0.4) is 0 Å². The third-order valence-electron chi connectivity index (χ3n) is 4.32. The van der Waals surface area contributed by atoms with Gasteiger partial charge in [-0.15, -0.1) is 0 Å². The number of ether oxygens (including phenoxy) is 2. The molecule has 0 spiro atoms. The van der Waals surface area contributed by atoms with Gasteiger partial charge in [-0.25, -0.2) is 4.39 Å². The third-order valence-corrected chi connectivity index (χ3v) is 5.04. The highest BCUT2D eigenvalue weighted by atomic mass is 127. The normalized spacial score (nSPS) is 11.4. The average molecular weight is 476 g/mol. The van der Waals surface area contributed by atoms with Gasteiger partial charge in [0.2, 0.25) is 0 Å². The average Bonchev–Trinajstić information content (AvgIpc) is 2.65. The summed E-state index contributed by atoms with van der Waals surface area (Å²) in [6.07, 6.45) is 0. The van der Waals surface area contributed by atoms with Gasteiger partial charge in [0.15, 0.2) is 11.6 Å². The van der Waals surface area contributed by atoms with Gasteiger partial charge >= 0.3 is 0 Å². The molecule has 0 heterocycles. The van der Waals surface area contributed by atoms with Crippen molar-refractivity contribution in [2.75, 3.05) is 6.61 Å². The minimum absolute atomic E-state index is 0.103. The molecule has 2 nitrogen and oxygen atoms in total. The highest BCUT2D eigenvalue weighted by molar-refractivity contribution is 14.1. The predicted octanol–water partition coefficient (Wildman–Crippen LogP) is 6.72. The molecule has 3 aromatic carbocycles. The number of hydrogen-bond donors (Lipinski definition) is 0. The molecule has 0 saturated heterocycles. The summed E-state index contributed by atoms with van der Waals surface area (Å²) >= 11 is 2.30. The van der Waals surface area contributed by atoms with E-state index in [0.717, 1.165) is 5.56 Å². The zero-order chi connectivity index (χ0) is 19.3. The third kappa shape index (κ3) is 5.53. The van der Waals surface area contributed by atoms with Crippen LogP contribution in [0.5, 0.6) is 11.5 Å². The first-order valence-electron chi connectivity index (χ1n) is 8.79. The van der Waals surface area contributed by atoms with Crippen molar-refractivity contribution in [1.29, 1.82) is 0 Å². The second kappa shape index (κ2) is 8.85. The molecule has 3 rings (SSSR count). The largest absolute Gasteiger partial charge is 0.454 e. The molecule has 0 unspecified atom stereocenters. The van der Waals surface area contributed by atoms with Crippen molar-refractivity contribution < 1.29 is 13.9 Å². The smallest absolute Gasteiger partial charge is 0.165 e. The van der Waals surface area contributed by atoms with Crippen molar-refractivity contribution >= 4 is 22.6 Å². The molecule has 140 valence electrons. The Balaban J connectivity index is 1.62. The van der Waals surface area contributed by atoms with Gasteiger partial charge in [-0.2, -0.15) is 0 Å². The van der Waals surface area contributed by atoms with Crippen molar-refractivity contribution in [3.05, 3.63) is 93.3 Å². The first kappa shape index (κ1) is 19.8. The van der Waals surface area contributed by atoms with E-state index in [-0.39, 0.29) is 17.0 Å². The van der Waals surface area contributed by atoms with Crippen LogP contribution in [0, 0.1) is 9.39 Å². The minimum atomic E-state index is -0.387. The second-order valence-corrected chi connectivity index (χ2v) is 8.31. The lowest BCUT2D eigenvalue weighted by Gasteiger charge is -2.25. The molecule has 0 saturated carbocycles. The van der Waals surface area contributed by atoms with Crippen LogP contribution < -0.4 is 4.74 Å². The van der Waals surface area contributed by atoms with Gasteiger partial charge in [-0.3, -0.25) is 0 Å². The maximum Gasteiger partial charge on any atom is 0.165 e. The standard InChI is InChI=1S/C23H22FIO2/c1-23(2,18-9-11-19(25)12-10-18)16-26-15-17-8-13-21(24)22(14-17)27-20-6-4-3-5-7-20/h3-14H,15-16H2,1-2H3. The number of halogens is 2. The highest BCUT2D eigenvalue weighted by Crippen LogP contribution is 2.27. The van der Waals surface area contributed by atoms with Crippen molar-refractivity contribution in [2.24, 2.45) is 0 Å². The van der Waals surface area contributed by atoms with E-state index in [4.69, 9.17) is 9.47 Å². The Morgan fingerprint density at radius 2 is 1.63 bits per heavy atom. The van der Waals surface area contributed by atoms with E-state index < -0.39 is 0 Å². The Bertz CT molecular complexity index is 877. The summed E-state index contributed by atoms with van der Waals surface area (Å²) in [4.78, 5) is 0. The fourth-order valence-corrected chi connectivity index (χ4v) is 3.10. The molecule has 0 N–H and O–H groups in total. The molecule has 27 heavy (non-hydrogen) atoms. The number of benzene rings is 3. The monoisotopic (exact) mass is 476 g/mol. The molecule has 0 atom stereocenters. The molecule has 0 radical (unpaired) electrons. The van der Waals surface area contributed by atoms with Gasteiger partial charge in [0.25, 0.3) is 0 Å². The summed E-state index contributed by atoms with van der Waals surface area (Å²) in [5.74, 6) is 0.426. The van der Waals surface area contributed by atoms with Crippen molar-refractivity contribution in [1.82, 2.24) is 0 Å². The molecule has 0 bridgehead atoms. The van der Waals surface area contributed by atoms with E-state index in [1.165, 1.54) is 15.2 Å². The summed E-state index contributed by atoms with van der Waals surface area (Å²) < 4.78 is 26.8. The number of para-hydroxylation sites is 1. The molecule has 0 aliphatic heterocycles. The van der Waals surface area contributed by atoms with Crippen LogP contribution in [0.2, 0.25) is 0 Å². The van der Waals surface area contributed by atoms with Gasteiger partial charge < -0.3 is 9.47 Å². The Labute approximate surface area is 173 Å². The maximum atomic E-state index is 14.1. The van der Waals surface area contributed by atoms with Gasteiger partial charge in [-0.1, -0.05) is 50.2 Å². The number of hydrogen-bond acceptors (Lipinski definition) is 2. The SMILES string of the molecule is CC(C)(COCc1ccc(F)c(Oc2ccccc2)c1)c1ccc(I)cc1. The molecule has 4 heteroatoms. The van der Waals surface area contributed by atoms with Crippen LogP contribution in [0.15, 0.2) is 72.8 Å². The Morgan fingerprint density at radius 1 is 0.926 bits per heavy atom. The summed E-state index contributed by atoms with van der Waals surface area (Å²) in [5, 5.41) is 0. The van der Waals surface area contributed by atoms with Gasteiger partial charge in [0, 0.05) is 8.99 Å². The van der Waals surface area contributed by atoms with Gasteiger partial charge in [0.05, 0.1) is 13.2 Å². The van der Waals surface area contributed by atoms with Crippen molar-refractivity contribution in [3.63, 3.8) is 0 Å². The van der Waals surface area contributed by atoms with E-state index in [0.29, 0.717) is 19.0 Å². The van der Waals surface area contributed by atoms with Crippen LogP contribution in [0.25, 0.3) is 0 Å². The predicted molar refractivity (Wildman–Crippen MR) is 115 cm³/mol. The summed E-state index contributed by atoms with van der Waals surface area (Å²) in [6.45, 7) is 5.28. The Kier molecular flexibility index (Phi) is 6.50. The molecule has 3 aromatic rings. The molecule has 0 amide bonds. The fourth-order valence-electron chi connectivity index (χ4n) is 2.74. The zero-order valence-electron chi connectivity index (χ0n) is 15.4. The first-order valence-corrected chi connectivity index (χ1v) is 9.87. The lowest BCUT2D eigenvalue weighted by Crippen LogP contribution is -2.24. The van der Waals surface area contributed by atoms with Crippen LogP contribution in [0.1, 0.15) is 25.0 Å². The van der Waals surface area contributed by atoms with E-state index in [2.05, 4.69) is 60.7 Å². The topological polar surface area (TPSA) is 18.5 Å². The number of rotatable bonds is 7. The molecule has 0 aliphatic rings. The zero-order valence-corrected chi connectivity index (χ0v) is 17.6. The van der Waals surface area contributed by atoms with Crippen LogP contribution in [0.4, 0.5) is 4.39 Å². The highest BCUT2D eigenvalue weighted by Gasteiger charge is 2.21. The molecular formula is C23H22FIO2. The van der Waals surface area contributed by atoms with Gasteiger partial charge in [0.1, 0.15) is 5.75 Å². The van der Waals surface area contributed by atoms with Crippen molar-refractivity contribution in [2.45, 2.75) is 25.9 Å². The first-order chi connectivity index (χ1) is 12.9. The van der Waals surface area contributed by atoms with E-state index in [9.17, 15) is 4.39 Å². The van der Waals surface area contributed by atoms with E-state index >= 15 is 0 Å². The molecule has 0 fully saturated rings. The van der Waals surface area contributed by atoms with Crippen LogP contribution >= 0.6 is 22.6 Å². The van der Waals surface area contributed by atoms with Crippen LogP contribution in [-0.2, 0) is 16.8 Å². The van der Waals surface area contributed by atoms with E-state index in [1.807, 2.05) is 18.2 Å². The molecule has 0 aromatic heterocycles. The quantitative estimate of drug-likeness (QED) is 0.353. The lowest BCUT2D eigenvalue weighted by molar-refractivity contribution is 0.0823. The van der Waals surface area contributed by atoms with Gasteiger partial charge in [-0.05, 0) is 70.1 Å². The summed E-state index contributed by atoms with van der Waals surface area (Å²) in [5.41, 5.74) is 2.00. The summed E-state index contributed by atoms with van der Waals surface area (Å²) in [7, 11) is 0. The van der Waals surface area contributed by atoms with Crippen LogP contribution in [-0.4, -0.2) is 6.61 Å². The Morgan fingerprint density at radius 3 is 2.33 bits per heavy atom. The second-order valence-electron chi connectivity index (χ2n) is 7.06. The van der Waals surface area contributed by atoms with E-state index in [1.54, 1.807) is 24.3 Å². The molecule has 0 aliphatic carbocycles.